The third-order valence-corrected chi connectivity index (χ3v) is 6.60. The molecule has 0 radical (unpaired) electrons. The number of ether oxygens (including phenoxy) is 6. The molecule has 198 valence electrons. The SMILES string of the molecule is COc1cc2c(OC(=O)c3ccc(N([O-])O)cc3)c3c(c(-c4ccc5c(c4)OCO5)c2cc1OC)C(=O)OC3. The second-order valence-corrected chi connectivity index (χ2v) is 8.66. The highest BCUT2D eigenvalue weighted by Gasteiger charge is 2.34. The summed E-state index contributed by atoms with van der Waals surface area (Å²) in [6.07, 6.45) is 0. The maximum absolute atomic E-state index is 13.2. The van der Waals surface area contributed by atoms with Crippen LogP contribution in [0, 0.1) is 5.21 Å². The van der Waals surface area contributed by atoms with Crippen molar-refractivity contribution >= 4 is 28.4 Å². The van der Waals surface area contributed by atoms with E-state index in [0.717, 1.165) is 0 Å². The molecule has 0 aliphatic carbocycles. The number of esters is 2. The summed E-state index contributed by atoms with van der Waals surface area (Å²) >= 11 is 0. The molecule has 0 saturated heterocycles. The molecule has 2 aliphatic rings. The molecule has 0 amide bonds. The van der Waals surface area contributed by atoms with Crippen molar-refractivity contribution in [1.82, 2.24) is 0 Å². The minimum absolute atomic E-state index is 0.0539. The third-order valence-electron chi connectivity index (χ3n) is 6.60. The molecule has 6 rings (SSSR count). The van der Waals surface area contributed by atoms with Gasteiger partial charge in [-0.2, -0.15) is 0 Å². The molecule has 0 aromatic heterocycles. The summed E-state index contributed by atoms with van der Waals surface area (Å²) in [5.41, 5.74) is 1.90. The topological polar surface area (TPSA) is 136 Å². The van der Waals surface area contributed by atoms with Crippen LogP contribution in [-0.2, 0) is 11.3 Å². The Hall–Kier alpha value is -5.00. The van der Waals surface area contributed by atoms with E-state index in [1.807, 2.05) is 0 Å². The molecule has 2 heterocycles. The van der Waals surface area contributed by atoms with Gasteiger partial charge >= 0.3 is 11.9 Å². The van der Waals surface area contributed by atoms with Gasteiger partial charge in [-0.05, 0) is 59.5 Å². The molecule has 2 aliphatic heterocycles. The fourth-order valence-corrected chi connectivity index (χ4v) is 4.75. The maximum atomic E-state index is 13.2. The summed E-state index contributed by atoms with van der Waals surface area (Å²) in [6.45, 7) is -0.0288. The van der Waals surface area contributed by atoms with Gasteiger partial charge in [0, 0.05) is 16.5 Å². The monoisotopic (exact) mass is 530 g/mol. The Morgan fingerprint density at radius 2 is 1.59 bits per heavy atom. The second-order valence-electron chi connectivity index (χ2n) is 8.66. The number of cyclic esters (lactones) is 1. The van der Waals surface area contributed by atoms with Gasteiger partial charge in [0.15, 0.2) is 23.0 Å². The lowest BCUT2D eigenvalue weighted by Gasteiger charge is -2.21. The molecule has 1 N–H and O–H groups in total. The van der Waals surface area contributed by atoms with Crippen LogP contribution in [-0.4, -0.2) is 38.2 Å². The smallest absolute Gasteiger partial charge is 0.343 e. The van der Waals surface area contributed by atoms with Crippen LogP contribution in [0.3, 0.4) is 0 Å². The van der Waals surface area contributed by atoms with Crippen molar-refractivity contribution in [2.45, 2.75) is 6.61 Å². The van der Waals surface area contributed by atoms with Gasteiger partial charge in [-0.25, -0.2) is 9.59 Å². The average Bonchev–Trinajstić information content (AvgIpc) is 3.58. The number of benzene rings is 4. The largest absolute Gasteiger partial charge is 0.733 e. The van der Waals surface area contributed by atoms with E-state index in [0.29, 0.717) is 50.5 Å². The summed E-state index contributed by atoms with van der Waals surface area (Å²) in [6, 6.07) is 13.9. The molecule has 11 heteroatoms. The number of rotatable bonds is 6. The minimum atomic E-state index is -0.745. The molecule has 4 aromatic rings. The third kappa shape index (κ3) is 4.00. The van der Waals surface area contributed by atoms with E-state index in [1.54, 1.807) is 30.3 Å². The standard InChI is InChI=1S/C28H20NO10/c1-34-21-10-17-18(11-22(21)35-2)26(39-27(30)14-3-6-16(7-4-14)29(32)33)19-12-36-28(31)25(19)24(17)15-5-8-20-23(9-15)38-13-37-20/h3-11,32H,12-13H2,1-2H3/q-1. The zero-order chi connectivity index (χ0) is 27.3. The molecule has 0 bridgehead atoms. The van der Waals surface area contributed by atoms with Gasteiger partial charge in [0.25, 0.3) is 0 Å². The van der Waals surface area contributed by atoms with Crippen LogP contribution in [0.1, 0.15) is 26.3 Å². The van der Waals surface area contributed by atoms with Gasteiger partial charge in [-0.3, -0.25) is 5.21 Å². The Labute approximate surface area is 221 Å². The molecule has 4 aromatic carbocycles. The van der Waals surface area contributed by atoms with Gasteiger partial charge < -0.3 is 38.9 Å². The van der Waals surface area contributed by atoms with Crippen molar-refractivity contribution < 1.29 is 43.2 Å². The predicted molar refractivity (Wildman–Crippen MR) is 137 cm³/mol. The molecule has 0 saturated carbocycles. The Bertz CT molecular complexity index is 1650. The first-order valence-corrected chi connectivity index (χ1v) is 11.7. The number of hydrogen-bond donors (Lipinski definition) is 1. The van der Waals surface area contributed by atoms with Crippen LogP contribution in [0.4, 0.5) is 5.69 Å². The highest BCUT2D eigenvalue weighted by molar-refractivity contribution is 6.14. The first-order chi connectivity index (χ1) is 18.9. The normalized spacial score (nSPS) is 13.2. The van der Waals surface area contributed by atoms with E-state index in [-0.39, 0.29) is 41.2 Å². The number of methoxy groups -OCH3 is 2. The molecule has 11 nitrogen and oxygen atoms in total. The van der Waals surface area contributed by atoms with Crippen LogP contribution in [0.25, 0.3) is 21.9 Å². The molecule has 39 heavy (non-hydrogen) atoms. The first-order valence-electron chi connectivity index (χ1n) is 11.7. The second kappa shape index (κ2) is 9.39. The van der Waals surface area contributed by atoms with Crippen LogP contribution in [0.15, 0.2) is 54.6 Å². The summed E-state index contributed by atoms with van der Waals surface area (Å²) in [5.74, 6) is 0.696. The van der Waals surface area contributed by atoms with Crippen molar-refractivity contribution in [2.24, 2.45) is 0 Å². The quantitative estimate of drug-likeness (QED) is 0.208. The number of carbonyl (C=O) groups excluding carboxylic acids is 2. The van der Waals surface area contributed by atoms with E-state index < -0.39 is 11.9 Å². The van der Waals surface area contributed by atoms with Crippen molar-refractivity contribution in [2.75, 3.05) is 26.2 Å². The fraction of sp³-hybridized carbons (Fsp3) is 0.143. The highest BCUT2D eigenvalue weighted by Crippen LogP contribution is 2.49. The Kier molecular flexibility index (Phi) is 5.86. The summed E-state index contributed by atoms with van der Waals surface area (Å²) < 4.78 is 33.3. The van der Waals surface area contributed by atoms with Crippen LogP contribution >= 0.6 is 0 Å². The molecular formula is C28H20NO10-. The number of hydrogen-bond acceptors (Lipinski definition) is 11. The van der Waals surface area contributed by atoms with Crippen LogP contribution in [0.5, 0.6) is 28.7 Å². The Balaban J connectivity index is 1.58. The lowest BCUT2D eigenvalue weighted by atomic mass is 9.89. The Morgan fingerprint density at radius 1 is 0.897 bits per heavy atom. The number of carbonyl (C=O) groups is 2. The van der Waals surface area contributed by atoms with Crippen molar-refractivity contribution in [3.05, 3.63) is 76.5 Å². The van der Waals surface area contributed by atoms with E-state index in [9.17, 15) is 14.8 Å². The van der Waals surface area contributed by atoms with Crippen molar-refractivity contribution in [3.63, 3.8) is 0 Å². The molecule has 0 unspecified atom stereocenters. The van der Waals surface area contributed by atoms with Crippen LogP contribution < -0.4 is 28.9 Å². The van der Waals surface area contributed by atoms with E-state index in [2.05, 4.69) is 0 Å². The minimum Gasteiger partial charge on any atom is -0.733 e. The highest BCUT2D eigenvalue weighted by atomic mass is 16.8. The van der Waals surface area contributed by atoms with Crippen molar-refractivity contribution in [1.29, 1.82) is 0 Å². The summed E-state index contributed by atoms with van der Waals surface area (Å²) in [5, 5.41) is 20.9. The maximum Gasteiger partial charge on any atom is 0.343 e. The zero-order valence-electron chi connectivity index (χ0n) is 20.7. The van der Waals surface area contributed by atoms with Gasteiger partial charge in [0.2, 0.25) is 6.79 Å². The molecule has 0 atom stereocenters. The molecular weight excluding hydrogens is 510 g/mol. The number of anilines is 1. The predicted octanol–water partition coefficient (Wildman–Crippen LogP) is 4.84. The number of fused-ring (bicyclic) bond motifs is 3. The van der Waals surface area contributed by atoms with Crippen LogP contribution in [0.2, 0.25) is 0 Å². The van der Waals surface area contributed by atoms with Gasteiger partial charge in [-0.1, -0.05) is 6.07 Å². The van der Waals surface area contributed by atoms with Gasteiger partial charge in [0.1, 0.15) is 12.4 Å². The lowest BCUT2D eigenvalue weighted by molar-refractivity contribution is 0.0534. The average molecular weight is 530 g/mol. The fourth-order valence-electron chi connectivity index (χ4n) is 4.75. The Morgan fingerprint density at radius 3 is 2.28 bits per heavy atom. The van der Waals surface area contributed by atoms with E-state index >= 15 is 0 Å². The van der Waals surface area contributed by atoms with Gasteiger partial charge in [0.05, 0.1) is 31.0 Å². The lowest BCUT2D eigenvalue weighted by Crippen LogP contribution is -2.12. The van der Waals surface area contributed by atoms with E-state index in [4.69, 9.17) is 33.6 Å². The van der Waals surface area contributed by atoms with Gasteiger partial charge in [-0.15, -0.1) is 0 Å². The van der Waals surface area contributed by atoms with E-state index in [1.165, 1.54) is 38.5 Å². The molecule has 0 spiro atoms. The summed E-state index contributed by atoms with van der Waals surface area (Å²) in [4.78, 5) is 26.3. The first kappa shape index (κ1) is 24.3. The summed E-state index contributed by atoms with van der Waals surface area (Å²) in [7, 11) is 2.97. The molecule has 0 fully saturated rings. The number of nitrogens with zero attached hydrogens (tertiary/aromatic N) is 1. The van der Waals surface area contributed by atoms with Crippen molar-refractivity contribution in [3.8, 4) is 39.9 Å². The zero-order valence-corrected chi connectivity index (χ0v) is 20.7.